The molecule has 0 aliphatic carbocycles. The first-order chi connectivity index (χ1) is 10.6. The minimum Gasteiger partial charge on any atom is -0.493 e. The Morgan fingerprint density at radius 2 is 1.82 bits per heavy atom. The van der Waals surface area contributed by atoms with Gasteiger partial charge in [0.25, 0.3) is 0 Å². The molecule has 5 nitrogen and oxygen atoms in total. The van der Waals surface area contributed by atoms with Gasteiger partial charge in [0, 0.05) is 18.5 Å². The number of ether oxygens (including phenoxy) is 1. The zero-order chi connectivity index (χ0) is 15.6. The van der Waals surface area contributed by atoms with Gasteiger partial charge in [-0.3, -0.25) is 5.01 Å². The van der Waals surface area contributed by atoms with E-state index in [2.05, 4.69) is 4.83 Å². The van der Waals surface area contributed by atoms with Gasteiger partial charge in [-0.1, -0.05) is 36.4 Å². The zero-order valence-electron chi connectivity index (χ0n) is 12.3. The molecule has 2 aromatic rings. The van der Waals surface area contributed by atoms with Gasteiger partial charge < -0.3 is 4.74 Å². The Morgan fingerprint density at radius 3 is 2.59 bits per heavy atom. The van der Waals surface area contributed by atoms with E-state index in [1.165, 1.54) is 5.01 Å². The molecule has 1 heterocycles. The van der Waals surface area contributed by atoms with Crippen LogP contribution in [0, 0.1) is 0 Å². The molecule has 1 N–H and O–H groups in total. The first-order valence-electron chi connectivity index (χ1n) is 7.06. The van der Waals surface area contributed by atoms with E-state index in [0.29, 0.717) is 6.61 Å². The summed E-state index contributed by atoms with van der Waals surface area (Å²) in [4.78, 5) is 2.58. The van der Waals surface area contributed by atoms with E-state index in [4.69, 9.17) is 4.74 Å². The number of fused-ring (bicyclic) bond motifs is 1. The standard InChI is InChI=1S/C16H18N2O3S/c1-18(14-7-3-2-4-8-14)17-22(19,20)12-13-11-21-16-10-6-5-9-15(13)16/h2-10,13,17H,11-12H2,1H3. The third-order valence-electron chi connectivity index (χ3n) is 3.64. The second kappa shape index (κ2) is 5.98. The smallest absolute Gasteiger partial charge is 0.229 e. The summed E-state index contributed by atoms with van der Waals surface area (Å²) in [5, 5.41) is 1.51. The van der Waals surface area contributed by atoms with E-state index in [-0.39, 0.29) is 11.7 Å². The maximum Gasteiger partial charge on any atom is 0.229 e. The molecular formula is C16H18N2O3S. The Bertz CT molecular complexity index is 747. The summed E-state index contributed by atoms with van der Waals surface area (Å²) in [7, 11) is -1.77. The van der Waals surface area contributed by atoms with Crippen LogP contribution in [0.5, 0.6) is 5.75 Å². The number of hydrogen-bond acceptors (Lipinski definition) is 4. The fraction of sp³-hybridized carbons (Fsp3) is 0.250. The molecule has 0 amide bonds. The van der Waals surface area contributed by atoms with Crippen molar-refractivity contribution in [1.29, 1.82) is 0 Å². The van der Waals surface area contributed by atoms with E-state index in [9.17, 15) is 8.42 Å². The van der Waals surface area contributed by atoms with Gasteiger partial charge in [0.15, 0.2) is 0 Å². The summed E-state index contributed by atoms with van der Waals surface area (Å²) in [6.07, 6.45) is 0. The second-order valence-corrected chi connectivity index (χ2v) is 7.06. The normalized spacial score (nSPS) is 16.9. The van der Waals surface area contributed by atoms with E-state index in [0.717, 1.165) is 17.0 Å². The van der Waals surface area contributed by atoms with Crippen LogP contribution >= 0.6 is 0 Å². The molecule has 0 saturated heterocycles. The molecule has 1 atom stereocenters. The molecule has 2 aromatic carbocycles. The molecule has 3 rings (SSSR count). The topological polar surface area (TPSA) is 58.6 Å². The quantitative estimate of drug-likeness (QED) is 0.858. The number of sulfonamides is 1. The molecule has 1 aliphatic rings. The van der Waals surface area contributed by atoms with E-state index >= 15 is 0 Å². The summed E-state index contributed by atoms with van der Waals surface area (Å²) >= 11 is 0. The van der Waals surface area contributed by atoms with Crippen LogP contribution in [0.1, 0.15) is 11.5 Å². The molecule has 6 heteroatoms. The van der Waals surface area contributed by atoms with Crippen molar-refractivity contribution in [2.24, 2.45) is 0 Å². The zero-order valence-corrected chi connectivity index (χ0v) is 13.1. The van der Waals surface area contributed by atoms with Crippen molar-refractivity contribution >= 4 is 15.7 Å². The number of anilines is 1. The van der Waals surface area contributed by atoms with Crippen LogP contribution in [-0.4, -0.2) is 27.8 Å². The van der Waals surface area contributed by atoms with Gasteiger partial charge in [-0.05, 0) is 18.2 Å². The van der Waals surface area contributed by atoms with Gasteiger partial charge in [-0.15, -0.1) is 4.83 Å². The summed E-state index contributed by atoms with van der Waals surface area (Å²) in [5.41, 5.74) is 1.74. The molecule has 22 heavy (non-hydrogen) atoms. The van der Waals surface area contributed by atoms with Crippen molar-refractivity contribution in [3.8, 4) is 5.75 Å². The monoisotopic (exact) mass is 318 g/mol. The van der Waals surface area contributed by atoms with Crippen molar-refractivity contribution in [3.05, 3.63) is 60.2 Å². The highest BCUT2D eigenvalue weighted by molar-refractivity contribution is 7.89. The van der Waals surface area contributed by atoms with Crippen LogP contribution in [0.3, 0.4) is 0 Å². The highest BCUT2D eigenvalue weighted by Crippen LogP contribution is 2.34. The van der Waals surface area contributed by atoms with Gasteiger partial charge >= 0.3 is 0 Å². The van der Waals surface area contributed by atoms with E-state index in [1.54, 1.807) is 7.05 Å². The van der Waals surface area contributed by atoms with Crippen molar-refractivity contribution in [3.63, 3.8) is 0 Å². The Labute approximate surface area is 130 Å². The molecular weight excluding hydrogens is 300 g/mol. The molecule has 1 unspecified atom stereocenters. The molecule has 0 radical (unpaired) electrons. The molecule has 0 bridgehead atoms. The molecule has 0 fully saturated rings. The largest absolute Gasteiger partial charge is 0.493 e. The van der Waals surface area contributed by atoms with Crippen LogP contribution in [-0.2, 0) is 10.0 Å². The fourth-order valence-corrected chi connectivity index (χ4v) is 3.99. The Hall–Kier alpha value is -2.05. The van der Waals surface area contributed by atoms with Crippen molar-refractivity contribution in [2.45, 2.75) is 5.92 Å². The number of nitrogens with zero attached hydrogens (tertiary/aromatic N) is 1. The third kappa shape index (κ3) is 3.23. The van der Waals surface area contributed by atoms with Crippen LogP contribution in [0.15, 0.2) is 54.6 Å². The molecule has 0 aromatic heterocycles. The molecule has 0 saturated carbocycles. The van der Waals surface area contributed by atoms with Crippen LogP contribution in [0.25, 0.3) is 0 Å². The lowest BCUT2D eigenvalue weighted by atomic mass is 10.0. The Kier molecular flexibility index (Phi) is 4.04. The maximum absolute atomic E-state index is 12.4. The van der Waals surface area contributed by atoms with Gasteiger partial charge in [0.2, 0.25) is 10.0 Å². The highest BCUT2D eigenvalue weighted by Gasteiger charge is 2.29. The SMILES string of the molecule is CN(NS(=O)(=O)CC1COc2ccccc21)c1ccccc1. The number of rotatable bonds is 5. The molecule has 1 aliphatic heterocycles. The van der Waals surface area contributed by atoms with Gasteiger partial charge in [-0.2, -0.15) is 0 Å². The van der Waals surface area contributed by atoms with E-state index in [1.807, 2.05) is 54.6 Å². The average Bonchev–Trinajstić information content (AvgIpc) is 2.90. The third-order valence-corrected chi connectivity index (χ3v) is 5.03. The minimum absolute atomic E-state index is 0.00118. The number of para-hydroxylation sites is 2. The maximum atomic E-state index is 12.4. The Balaban J connectivity index is 1.70. The van der Waals surface area contributed by atoms with Crippen molar-refractivity contribution in [2.75, 3.05) is 24.4 Å². The predicted octanol–water partition coefficient (Wildman–Crippen LogP) is 2.13. The van der Waals surface area contributed by atoms with Crippen LogP contribution in [0.2, 0.25) is 0 Å². The average molecular weight is 318 g/mol. The first kappa shape index (κ1) is 14.9. The van der Waals surface area contributed by atoms with Crippen molar-refractivity contribution in [1.82, 2.24) is 4.83 Å². The lowest BCUT2D eigenvalue weighted by molar-refractivity contribution is 0.337. The van der Waals surface area contributed by atoms with E-state index < -0.39 is 10.0 Å². The predicted molar refractivity (Wildman–Crippen MR) is 86.4 cm³/mol. The lowest BCUT2D eigenvalue weighted by Gasteiger charge is -2.21. The number of hydrazine groups is 1. The molecule has 116 valence electrons. The summed E-state index contributed by atoms with van der Waals surface area (Å²) in [6.45, 7) is 0.398. The van der Waals surface area contributed by atoms with Gasteiger partial charge in [0.05, 0.1) is 18.0 Å². The first-order valence-corrected chi connectivity index (χ1v) is 8.71. The molecule has 0 spiro atoms. The number of benzene rings is 2. The lowest BCUT2D eigenvalue weighted by Crippen LogP contribution is -2.41. The summed E-state index contributed by atoms with van der Waals surface area (Å²) < 4.78 is 30.3. The second-order valence-electron chi connectivity index (χ2n) is 5.31. The highest BCUT2D eigenvalue weighted by atomic mass is 32.2. The van der Waals surface area contributed by atoms with Gasteiger partial charge in [0.1, 0.15) is 5.75 Å². The van der Waals surface area contributed by atoms with Gasteiger partial charge in [-0.25, -0.2) is 8.42 Å². The number of nitrogens with one attached hydrogen (secondary N) is 1. The summed E-state index contributed by atoms with van der Waals surface area (Å²) in [6, 6.07) is 16.9. The summed E-state index contributed by atoms with van der Waals surface area (Å²) in [5.74, 6) is 0.637. The minimum atomic E-state index is -3.46. The fourth-order valence-electron chi connectivity index (χ4n) is 2.58. The number of hydrogen-bond donors (Lipinski definition) is 1. The van der Waals surface area contributed by atoms with Crippen LogP contribution in [0.4, 0.5) is 5.69 Å². The Morgan fingerprint density at radius 1 is 1.14 bits per heavy atom. The van der Waals surface area contributed by atoms with Crippen LogP contribution < -0.4 is 14.6 Å². The van der Waals surface area contributed by atoms with Crippen molar-refractivity contribution < 1.29 is 13.2 Å².